The molecule has 0 spiro atoms. The highest BCUT2D eigenvalue weighted by atomic mass is 32.2. The summed E-state index contributed by atoms with van der Waals surface area (Å²) in [5.41, 5.74) is 2.14. The van der Waals surface area contributed by atoms with E-state index in [1.165, 1.54) is 23.9 Å². The Morgan fingerprint density at radius 1 is 1.38 bits per heavy atom. The first-order valence-electron chi connectivity index (χ1n) is 8.87. The fourth-order valence-electron chi connectivity index (χ4n) is 2.88. The largest absolute Gasteiger partial charge is 0.491 e. The molecule has 1 fully saturated rings. The Labute approximate surface area is 157 Å². The van der Waals surface area contributed by atoms with Gasteiger partial charge in [0.15, 0.2) is 5.16 Å². The number of aliphatic hydroxyl groups is 1. The molecule has 2 aromatic rings. The molecule has 1 aliphatic heterocycles. The topological polar surface area (TPSA) is 56.5 Å². The van der Waals surface area contributed by atoms with Crippen molar-refractivity contribution in [1.29, 1.82) is 0 Å². The fourth-order valence-corrected chi connectivity index (χ4v) is 3.89. The van der Waals surface area contributed by atoms with Gasteiger partial charge in [0.05, 0.1) is 24.4 Å². The van der Waals surface area contributed by atoms with Gasteiger partial charge in [0, 0.05) is 18.1 Å². The molecule has 0 bridgehead atoms. The summed E-state index contributed by atoms with van der Waals surface area (Å²) >= 11 is 1.52. The maximum atomic E-state index is 12.9. The van der Waals surface area contributed by atoms with Crippen LogP contribution < -0.4 is 4.74 Å². The molecule has 0 saturated carbocycles. The van der Waals surface area contributed by atoms with E-state index in [1.54, 1.807) is 12.1 Å². The maximum absolute atomic E-state index is 12.9. The van der Waals surface area contributed by atoms with Crippen molar-refractivity contribution in [3.8, 4) is 5.75 Å². The average molecular weight is 380 g/mol. The van der Waals surface area contributed by atoms with E-state index in [4.69, 9.17) is 9.47 Å². The second-order valence-electron chi connectivity index (χ2n) is 6.54. The van der Waals surface area contributed by atoms with Gasteiger partial charge in [0.1, 0.15) is 18.2 Å². The zero-order chi connectivity index (χ0) is 18.5. The number of nitrogens with zero attached hydrogens (tertiary/aromatic N) is 2. The molecule has 0 aliphatic carbocycles. The van der Waals surface area contributed by atoms with Gasteiger partial charge in [-0.2, -0.15) is 0 Å². The molecule has 142 valence electrons. The van der Waals surface area contributed by atoms with Crippen molar-refractivity contribution in [2.75, 3.05) is 19.0 Å². The van der Waals surface area contributed by atoms with Crippen LogP contribution in [-0.4, -0.2) is 45.8 Å². The number of aliphatic hydroxyl groups excluding tert-OH is 1. The highest BCUT2D eigenvalue weighted by molar-refractivity contribution is 7.99. The highest BCUT2D eigenvalue weighted by Gasteiger charge is 2.21. The third kappa shape index (κ3) is 4.99. The summed E-state index contributed by atoms with van der Waals surface area (Å²) in [4.78, 5) is 4.63. The average Bonchev–Trinajstić information content (AvgIpc) is 3.23. The van der Waals surface area contributed by atoms with Crippen LogP contribution in [0.3, 0.4) is 0 Å². The van der Waals surface area contributed by atoms with E-state index >= 15 is 0 Å². The van der Waals surface area contributed by atoms with E-state index in [1.807, 2.05) is 6.92 Å². The highest BCUT2D eigenvalue weighted by Crippen LogP contribution is 2.25. The van der Waals surface area contributed by atoms with Gasteiger partial charge in [0.2, 0.25) is 0 Å². The van der Waals surface area contributed by atoms with Gasteiger partial charge >= 0.3 is 0 Å². The summed E-state index contributed by atoms with van der Waals surface area (Å²) in [7, 11) is 0. The number of hydrogen-bond acceptors (Lipinski definition) is 5. The monoisotopic (exact) mass is 380 g/mol. The second kappa shape index (κ2) is 8.88. The number of halogens is 1. The zero-order valence-electron chi connectivity index (χ0n) is 15.2. The van der Waals surface area contributed by atoms with Crippen LogP contribution in [0.4, 0.5) is 4.39 Å². The molecule has 1 N–H and O–H groups in total. The summed E-state index contributed by atoms with van der Waals surface area (Å²) in [6.45, 7) is 5.86. The number of aryl methyl sites for hydroxylation is 1. The number of imidazole rings is 1. The minimum absolute atomic E-state index is 0.156. The molecule has 2 heterocycles. The summed E-state index contributed by atoms with van der Waals surface area (Å²) in [5.74, 6) is 0.710. The molecule has 2 unspecified atom stereocenters. The van der Waals surface area contributed by atoms with Gasteiger partial charge in [-0.15, -0.1) is 0 Å². The zero-order valence-corrected chi connectivity index (χ0v) is 16.0. The minimum Gasteiger partial charge on any atom is -0.491 e. The van der Waals surface area contributed by atoms with Crippen molar-refractivity contribution in [1.82, 2.24) is 9.55 Å². The number of hydrogen-bond donors (Lipinski definition) is 1. The first kappa shape index (κ1) is 19.2. The van der Waals surface area contributed by atoms with E-state index in [2.05, 4.69) is 16.5 Å². The molecule has 1 aliphatic rings. The van der Waals surface area contributed by atoms with Gasteiger partial charge in [-0.1, -0.05) is 11.8 Å². The van der Waals surface area contributed by atoms with Crippen LogP contribution in [0.5, 0.6) is 5.75 Å². The standard InChI is InChI=1S/C19H25FN2O3S/c1-13-14(2)22(10-18-4-3-9-24-18)19(21-13)26-12-16(23)11-25-17-7-5-15(20)6-8-17/h5-8,16,18,23H,3-4,9-12H2,1-2H3. The smallest absolute Gasteiger partial charge is 0.168 e. The molecule has 5 nitrogen and oxygen atoms in total. The van der Waals surface area contributed by atoms with Crippen LogP contribution in [-0.2, 0) is 11.3 Å². The molecule has 2 atom stereocenters. The maximum Gasteiger partial charge on any atom is 0.168 e. The van der Waals surface area contributed by atoms with Crippen LogP contribution in [0.25, 0.3) is 0 Å². The molecule has 1 saturated heterocycles. The molecule has 7 heteroatoms. The number of thioether (sulfide) groups is 1. The Kier molecular flexibility index (Phi) is 6.56. The number of benzene rings is 1. The Morgan fingerprint density at radius 3 is 2.85 bits per heavy atom. The molecular weight excluding hydrogens is 355 g/mol. The van der Waals surface area contributed by atoms with E-state index in [-0.39, 0.29) is 18.5 Å². The van der Waals surface area contributed by atoms with Crippen LogP contribution >= 0.6 is 11.8 Å². The van der Waals surface area contributed by atoms with Crippen LogP contribution in [0.1, 0.15) is 24.2 Å². The molecule has 26 heavy (non-hydrogen) atoms. The first-order chi connectivity index (χ1) is 12.5. The number of ether oxygens (including phenoxy) is 2. The number of rotatable bonds is 8. The predicted octanol–water partition coefficient (Wildman–Crippen LogP) is 3.35. The van der Waals surface area contributed by atoms with Gasteiger partial charge in [-0.05, 0) is 51.0 Å². The first-order valence-corrected chi connectivity index (χ1v) is 9.86. The molecule has 1 aromatic carbocycles. The van der Waals surface area contributed by atoms with E-state index < -0.39 is 6.10 Å². The van der Waals surface area contributed by atoms with Crippen LogP contribution in [0.15, 0.2) is 29.4 Å². The lowest BCUT2D eigenvalue weighted by Crippen LogP contribution is -2.21. The molecular formula is C19H25FN2O3S. The Bertz CT molecular complexity index is 714. The summed E-state index contributed by atoms with van der Waals surface area (Å²) in [5, 5.41) is 11.1. The lowest BCUT2D eigenvalue weighted by atomic mass is 10.2. The summed E-state index contributed by atoms with van der Waals surface area (Å²) < 4.78 is 26.3. The van der Waals surface area contributed by atoms with Crippen molar-refractivity contribution in [2.45, 2.75) is 50.6 Å². The van der Waals surface area contributed by atoms with Crippen molar-refractivity contribution >= 4 is 11.8 Å². The third-order valence-corrected chi connectivity index (χ3v) is 5.62. The van der Waals surface area contributed by atoms with E-state index in [9.17, 15) is 9.50 Å². The Morgan fingerprint density at radius 2 is 2.15 bits per heavy atom. The van der Waals surface area contributed by atoms with Gasteiger partial charge in [-0.25, -0.2) is 9.37 Å². The van der Waals surface area contributed by atoms with Gasteiger partial charge < -0.3 is 19.1 Å². The Balaban J connectivity index is 1.53. The van der Waals surface area contributed by atoms with Crippen molar-refractivity contribution in [2.24, 2.45) is 0 Å². The molecule has 0 radical (unpaired) electrons. The lowest BCUT2D eigenvalue weighted by Gasteiger charge is -2.16. The molecule has 3 rings (SSSR count). The second-order valence-corrected chi connectivity index (χ2v) is 7.53. The summed E-state index contributed by atoms with van der Waals surface area (Å²) in [6, 6.07) is 5.78. The molecule has 1 aromatic heterocycles. The number of aromatic nitrogens is 2. The SMILES string of the molecule is Cc1nc(SCC(O)COc2ccc(F)cc2)n(CC2CCCO2)c1C. The van der Waals surface area contributed by atoms with Crippen molar-refractivity contribution in [3.63, 3.8) is 0 Å². The van der Waals surface area contributed by atoms with Crippen LogP contribution in [0.2, 0.25) is 0 Å². The lowest BCUT2D eigenvalue weighted by molar-refractivity contribution is 0.0944. The third-order valence-electron chi connectivity index (χ3n) is 4.49. The predicted molar refractivity (Wildman–Crippen MR) is 99.3 cm³/mol. The Hall–Kier alpha value is -1.57. The summed E-state index contributed by atoms with van der Waals surface area (Å²) in [6.07, 6.45) is 1.79. The van der Waals surface area contributed by atoms with E-state index in [0.29, 0.717) is 11.5 Å². The van der Waals surface area contributed by atoms with Crippen LogP contribution in [0, 0.1) is 19.7 Å². The molecule has 0 amide bonds. The normalized spacial score (nSPS) is 18.2. The minimum atomic E-state index is -0.640. The quantitative estimate of drug-likeness (QED) is 0.712. The van der Waals surface area contributed by atoms with Crippen molar-refractivity contribution < 1.29 is 19.0 Å². The van der Waals surface area contributed by atoms with Gasteiger partial charge in [0.25, 0.3) is 0 Å². The fraction of sp³-hybridized carbons (Fsp3) is 0.526. The van der Waals surface area contributed by atoms with Gasteiger partial charge in [-0.3, -0.25) is 0 Å². The van der Waals surface area contributed by atoms with E-state index in [0.717, 1.165) is 42.5 Å². The van der Waals surface area contributed by atoms with Crippen molar-refractivity contribution in [3.05, 3.63) is 41.5 Å².